The maximum absolute atomic E-state index is 12.5. The van der Waals surface area contributed by atoms with Crippen LogP contribution in [0.15, 0.2) is 54.9 Å². The Bertz CT molecular complexity index is 1340. The highest BCUT2D eigenvalue weighted by Crippen LogP contribution is 2.30. The number of imidazole rings is 1. The van der Waals surface area contributed by atoms with E-state index in [1.165, 1.54) is 0 Å². The summed E-state index contributed by atoms with van der Waals surface area (Å²) in [7, 11) is 1.73. The minimum absolute atomic E-state index is 0. The maximum atomic E-state index is 12.5. The molecule has 3 aromatic heterocycles. The van der Waals surface area contributed by atoms with Gasteiger partial charge >= 0.3 is 0 Å². The summed E-state index contributed by atoms with van der Waals surface area (Å²) in [6.07, 6.45) is 5.44. The van der Waals surface area contributed by atoms with Crippen molar-refractivity contribution < 1.29 is 14.3 Å². The summed E-state index contributed by atoms with van der Waals surface area (Å²) in [5, 5.41) is 9.92. The van der Waals surface area contributed by atoms with E-state index < -0.39 is 0 Å². The Labute approximate surface area is 196 Å². The van der Waals surface area contributed by atoms with Crippen LogP contribution in [0.4, 0.5) is 11.5 Å². The Morgan fingerprint density at radius 2 is 1.88 bits per heavy atom. The molecule has 10 heteroatoms. The van der Waals surface area contributed by atoms with Crippen LogP contribution in [0, 0.1) is 12.8 Å². The van der Waals surface area contributed by atoms with E-state index in [-0.39, 0.29) is 30.1 Å². The van der Waals surface area contributed by atoms with Crippen LogP contribution in [0.1, 0.15) is 29.0 Å². The number of fused-ring (bicyclic) bond motifs is 1. The predicted molar refractivity (Wildman–Crippen MR) is 126 cm³/mol. The molecule has 9 nitrogen and oxygen atoms in total. The molecule has 1 aliphatic carbocycles. The smallest absolute Gasteiger partial charge is 0.273 e. The van der Waals surface area contributed by atoms with Gasteiger partial charge in [0.15, 0.2) is 5.82 Å². The van der Waals surface area contributed by atoms with E-state index in [9.17, 15) is 9.59 Å². The lowest BCUT2D eigenvalue weighted by Crippen LogP contribution is -2.16. The van der Waals surface area contributed by atoms with Gasteiger partial charge in [0.1, 0.15) is 22.8 Å². The first-order chi connectivity index (χ1) is 15.4. The number of hydrogen-bond donors (Lipinski definition) is 2. The maximum Gasteiger partial charge on any atom is 0.273 e. The molecule has 5 rings (SSSR count). The fourth-order valence-corrected chi connectivity index (χ4v) is 3.46. The van der Waals surface area contributed by atoms with Gasteiger partial charge in [-0.25, -0.2) is 4.98 Å². The van der Waals surface area contributed by atoms with Crippen molar-refractivity contribution in [2.75, 3.05) is 10.6 Å². The normalized spacial score (nSPS) is 12.8. The zero-order chi connectivity index (χ0) is 22.2. The topological polar surface area (TPSA) is 103 Å². The highest BCUT2D eigenvalue weighted by molar-refractivity contribution is 6.03. The standard InChI is InChI=1S/C23H22N6O3.ClH/c1-14-10-19(28(2)27-14)23(31)24-16-4-3-5-17(11-16)32-18-8-9-21-25-20(13-29(21)12-18)26-22(30)15-6-7-15;/h3-5,8-13,15H,6-7H2,1-2H3,(H,24,31)(H,26,30);1H. The minimum Gasteiger partial charge on any atom is -0.456 e. The first-order valence-corrected chi connectivity index (χ1v) is 10.3. The van der Waals surface area contributed by atoms with E-state index in [0.717, 1.165) is 18.5 Å². The lowest BCUT2D eigenvalue weighted by Gasteiger charge is -2.09. The average molecular weight is 467 g/mol. The summed E-state index contributed by atoms with van der Waals surface area (Å²) in [5.74, 6) is 1.59. The van der Waals surface area contributed by atoms with Crippen molar-refractivity contribution in [1.29, 1.82) is 0 Å². The van der Waals surface area contributed by atoms with Crippen molar-refractivity contribution in [2.45, 2.75) is 19.8 Å². The minimum atomic E-state index is -0.245. The van der Waals surface area contributed by atoms with Crippen molar-refractivity contribution in [3.05, 3.63) is 66.2 Å². The van der Waals surface area contributed by atoms with E-state index >= 15 is 0 Å². The third-order valence-electron chi connectivity index (χ3n) is 5.19. The molecule has 3 heterocycles. The van der Waals surface area contributed by atoms with Gasteiger partial charge in [-0.3, -0.25) is 14.3 Å². The van der Waals surface area contributed by atoms with E-state index in [0.29, 0.717) is 34.3 Å². The van der Waals surface area contributed by atoms with Gasteiger partial charge in [-0.1, -0.05) is 6.07 Å². The highest BCUT2D eigenvalue weighted by Gasteiger charge is 2.30. The molecule has 0 saturated heterocycles. The largest absolute Gasteiger partial charge is 0.456 e. The fourth-order valence-electron chi connectivity index (χ4n) is 3.46. The lowest BCUT2D eigenvalue weighted by molar-refractivity contribution is -0.117. The number of nitrogens with zero attached hydrogens (tertiary/aromatic N) is 4. The van der Waals surface area contributed by atoms with Crippen LogP contribution < -0.4 is 15.4 Å². The van der Waals surface area contributed by atoms with Crippen molar-refractivity contribution in [2.24, 2.45) is 13.0 Å². The Kier molecular flexibility index (Phi) is 6.06. The summed E-state index contributed by atoms with van der Waals surface area (Å²) in [4.78, 5) is 28.9. The lowest BCUT2D eigenvalue weighted by atomic mass is 10.2. The molecule has 1 saturated carbocycles. The average Bonchev–Trinajstić information content (AvgIpc) is 3.44. The van der Waals surface area contributed by atoms with Crippen molar-refractivity contribution in [1.82, 2.24) is 19.2 Å². The van der Waals surface area contributed by atoms with Crippen LogP contribution in [-0.4, -0.2) is 31.0 Å². The number of carbonyl (C=O) groups excluding carboxylic acids is 2. The van der Waals surface area contributed by atoms with Crippen LogP contribution in [0.25, 0.3) is 5.65 Å². The number of aromatic nitrogens is 4. The van der Waals surface area contributed by atoms with Gasteiger partial charge in [-0.15, -0.1) is 12.4 Å². The first kappa shape index (κ1) is 22.3. The van der Waals surface area contributed by atoms with Crippen molar-refractivity contribution in [3.8, 4) is 11.5 Å². The number of hydrogen-bond acceptors (Lipinski definition) is 5. The van der Waals surface area contributed by atoms with Crippen LogP contribution in [-0.2, 0) is 11.8 Å². The summed E-state index contributed by atoms with van der Waals surface area (Å²) in [6, 6.07) is 12.5. The molecule has 1 aromatic carbocycles. The molecule has 0 bridgehead atoms. The number of rotatable bonds is 6. The Balaban J connectivity index is 0.00000259. The summed E-state index contributed by atoms with van der Waals surface area (Å²) < 4.78 is 9.32. The van der Waals surface area contributed by atoms with Crippen molar-refractivity contribution in [3.63, 3.8) is 0 Å². The number of aryl methyl sites for hydroxylation is 2. The zero-order valence-corrected chi connectivity index (χ0v) is 18.9. The molecule has 1 fully saturated rings. The van der Waals surface area contributed by atoms with Gasteiger partial charge in [0, 0.05) is 24.7 Å². The number of pyridine rings is 1. The SMILES string of the molecule is Cc1cc(C(=O)Nc2cccc(Oc3ccc4nc(NC(=O)C5CC5)cn4c3)c2)n(C)n1.Cl. The highest BCUT2D eigenvalue weighted by atomic mass is 35.5. The number of benzene rings is 1. The molecule has 4 aromatic rings. The third-order valence-corrected chi connectivity index (χ3v) is 5.19. The Hall–Kier alpha value is -3.85. The monoisotopic (exact) mass is 466 g/mol. The quantitative estimate of drug-likeness (QED) is 0.443. The Morgan fingerprint density at radius 1 is 1.06 bits per heavy atom. The van der Waals surface area contributed by atoms with Gasteiger partial charge in [0.05, 0.1) is 18.1 Å². The molecule has 170 valence electrons. The molecule has 0 aliphatic heterocycles. The van der Waals surface area contributed by atoms with Gasteiger partial charge in [0.2, 0.25) is 5.91 Å². The number of ether oxygens (including phenoxy) is 1. The summed E-state index contributed by atoms with van der Waals surface area (Å²) >= 11 is 0. The van der Waals surface area contributed by atoms with E-state index in [2.05, 4.69) is 20.7 Å². The van der Waals surface area contributed by atoms with Crippen LogP contribution in [0.2, 0.25) is 0 Å². The second-order valence-electron chi connectivity index (χ2n) is 7.90. The molecule has 2 N–H and O–H groups in total. The van der Waals surface area contributed by atoms with Gasteiger partial charge < -0.3 is 19.8 Å². The summed E-state index contributed by atoms with van der Waals surface area (Å²) in [6.45, 7) is 1.84. The third kappa shape index (κ3) is 4.98. The van der Waals surface area contributed by atoms with Gasteiger partial charge in [0.25, 0.3) is 5.91 Å². The molecule has 2 amide bonds. The predicted octanol–water partition coefficient (Wildman–Crippen LogP) is 4.19. The fraction of sp³-hybridized carbons (Fsp3) is 0.217. The second-order valence-corrected chi connectivity index (χ2v) is 7.90. The van der Waals surface area contributed by atoms with Gasteiger partial charge in [-0.05, 0) is 50.1 Å². The van der Waals surface area contributed by atoms with E-state index in [1.807, 2.05) is 19.1 Å². The molecular formula is C23H23ClN6O3. The van der Waals surface area contributed by atoms with Gasteiger partial charge in [-0.2, -0.15) is 5.10 Å². The molecule has 0 atom stereocenters. The molecular weight excluding hydrogens is 444 g/mol. The van der Waals surface area contributed by atoms with Crippen LogP contribution in [0.5, 0.6) is 11.5 Å². The zero-order valence-electron chi connectivity index (χ0n) is 18.1. The molecule has 0 unspecified atom stereocenters. The van der Waals surface area contributed by atoms with Crippen LogP contribution in [0.3, 0.4) is 0 Å². The molecule has 33 heavy (non-hydrogen) atoms. The number of halogens is 1. The molecule has 1 aliphatic rings. The molecule has 0 spiro atoms. The van der Waals surface area contributed by atoms with E-state index in [4.69, 9.17) is 4.74 Å². The number of nitrogens with one attached hydrogen (secondary N) is 2. The second kappa shape index (κ2) is 8.95. The first-order valence-electron chi connectivity index (χ1n) is 10.3. The number of anilines is 2. The molecule has 0 radical (unpaired) electrons. The van der Waals surface area contributed by atoms with Crippen molar-refractivity contribution >= 4 is 41.4 Å². The van der Waals surface area contributed by atoms with Crippen LogP contribution >= 0.6 is 12.4 Å². The summed E-state index contributed by atoms with van der Waals surface area (Å²) in [5.41, 5.74) is 2.57. The number of carbonyl (C=O) groups is 2. The van der Waals surface area contributed by atoms with E-state index in [1.54, 1.807) is 58.9 Å². The Morgan fingerprint density at radius 3 is 2.61 bits per heavy atom. The number of amides is 2.